The van der Waals surface area contributed by atoms with Gasteiger partial charge in [0, 0.05) is 18.6 Å². The Kier molecular flexibility index (Phi) is 2.21. The first-order valence-electron chi connectivity index (χ1n) is 4.13. The maximum Gasteiger partial charge on any atom is 0.280 e. The van der Waals surface area contributed by atoms with Gasteiger partial charge in [0.2, 0.25) is 0 Å². The molecular weight excluding hydrogens is 204 g/mol. The molecule has 0 spiro atoms. The molecule has 0 fully saturated rings. The Morgan fingerprint density at radius 2 is 2.14 bits per heavy atom. The third-order valence-electron chi connectivity index (χ3n) is 2.04. The summed E-state index contributed by atoms with van der Waals surface area (Å²) in [5.41, 5.74) is 0.588. The number of pyridine rings is 1. The van der Waals surface area contributed by atoms with E-state index in [1.165, 1.54) is 6.20 Å². The first-order chi connectivity index (χ1) is 6.75. The number of amides is 2. The van der Waals surface area contributed by atoms with E-state index in [9.17, 15) is 9.59 Å². The molecule has 1 aliphatic heterocycles. The number of rotatable bonds is 2. The molecule has 14 heavy (non-hydrogen) atoms. The van der Waals surface area contributed by atoms with Gasteiger partial charge < -0.3 is 0 Å². The van der Waals surface area contributed by atoms with Gasteiger partial charge in [-0.1, -0.05) is 0 Å². The fraction of sp³-hybridized carbons (Fsp3) is 0.222. The van der Waals surface area contributed by atoms with Gasteiger partial charge >= 0.3 is 0 Å². The van der Waals surface area contributed by atoms with Crippen molar-refractivity contribution in [3.8, 4) is 0 Å². The van der Waals surface area contributed by atoms with Crippen LogP contribution in [-0.2, 0) is 0 Å². The molecule has 1 aromatic heterocycles. The molecule has 0 radical (unpaired) electrons. The zero-order chi connectivity index (χ0) is 10.1. The largest absolute Gasteiger partial charge is 0.280 e. The zero-order valence-electron chi connectivity index (χ0n) is 7.24. The zero-order valence-corrected chi connectivity index (χ0v) is 7.99. The highest BCUT2D eigenvalue weighted by Crippen LogP contribution is 2.19. The Hall–Kier alpha value is -1.42. The SMILES string of the molecule is O=C1c2cccnc2C(=O)N1CCCl. The smallest absolute Gasteiger partial charge is 0.272 e. The molecule has 0 saturated heterocycles. The number of carbonyl (C=O) groups is 2. The molecule has 0 bridgehead atoms. The highest BCUT2D eigenvalue weighted by Gasteiger charge is 2.35. The molecule has 5 heteroatoms. The van der Waals surface area contributed by atoms with Crippen molar-refractivity contribution in [3.05, 3.63) is 29.6 Å². The predicted molar refractivity (Wildman–Crippen MR) is 50.3 cm³/mol. The van der Waals surface area contributed by atoms with E-state index in [1.54, 1.807) is 12.1 Å². The molecule has 0 aromatic carbocycles. The minimum absolute atomic E-state index is 0.225. The second-order valence-corrected chi connectivity index (χ2v) is 3.23. The van der Waals surface area contributed by atoms with Crippen molar-refractivity contribution >= 4 is 23.4 Å². The monoisotopic (exact) mass is 210 g/mol. The van der Waals surface area contributed by atoms with Gasteiger partial charge in [-0.05, 0) is 12.1 Å². The van der Waals surface area contributed by atoms with Crippen LogP contribution in [0.3, 0.4) is 0 Å². The topological polar surface area (TPSA) is 50.3 Å². The van der Waals surface area contributed by atoms with E-state index in [0.717, 1.165) is 4.90 Å². The minimum Gasteiger partial charge on any atom is -0.272 e. The van der Waals surface area contributed by atoms with Crippen molar-refractivity contribution in [2.75, 3.05) is 12.4 Å². The van der Waals surface area contributed by atoms with E-state index in [1.807, 2.05) is 0 Å². The second-order valence-electron chi connectivity index (χ2n) is 2.85. The van der Waals surface area contributed by atoms with E-state index in [-0.39, 0.29) is 29.9 Å². The molecule has 2 heterocycles. The summed E-state index contributed by atoms with van der Waals surface area (Å²) < 4.78 is 0. The lowest BCUT2D eigenvalue weighted by Crippen LogP contribution is -2.31. The fourth-order valence-electron chi connectivity index (χ4n) is 1.40. The van der Waals surface area contributed by atoms with Gasteiger partial charge in [-0.2, -0.15) is 0 Å². The summed E-state index contributed by atoms with van der Waals surface area (Å²) in [5.74, 6) is -0.421. The van der Waals surface area contributed by atoms with E-state index >= 15 is 0 Å². The van der Waals surface area contributed by atoms with Crippen LogP contribution in [0.1, 0.15) is 20.8 Å². The molecular formula is C9H7ClN2O2. The molecule has 0 unspecified atom stereocenters. The van der Waals surface area contributed by atoms with Gasteiger partial charge in [0.05, 0.1) is 5.56 Å². The van der Waals surface area contributed by atoms with Crippen molar-refractivity contribution in [3.63, 3.8) is 0 Å². The van der Waals surface area contributed by atoms with E-state index in [2.05, 4.69) is 4.98 Å². The normalized spacial score (nSPS) is 14.8. The van der Waals surface area contributed by atoms with Crippen LogP contribution >= 0.6 is 11.6 Å². The van der Waals surface area contributed by atoms with Gasteiger partial charge in [0.15, 0.2) is 0 Å². The Morgan fingerprint density at radius 1 is 1.36 bits per heavy atom. The summed E-state index contributed by atoms with van der Waals surface area (Å²) in [5, 5.41) is 0. The number of hydrogen-bond acceptors (Lipinski definition) is 3. The summed E-state index contributed by atoms with van der Waals surface area (Å²) in [7, 11) is 0. The first-order valence-corrected chi connectivity index (χ1v) is 4.66. The maximum absolute atomic E-state index is 11.6. The maximum atomic E-state index is 11.6. The van der Waals surface area contributed by atoms with Gasteiger partial charge in [-0.3, -0.25) is 19.5 Å². The summed E-state index contributed by atoms with van der Waals surface area (Å²) in [4.78, 5) is 28.2. The number of hydrogen-bond donors (Lipinski definition) is 0. The second kappa shape index (κ2) is 3.38. The van der Waals surface area contributed by atoms with Crippen LogP contribution in [0.25, 0.3) is 0 Å². The van der Waals surface area contributed by atoms with Gasteiger partial charge in [0.25, 0.3) is 11.8 Å². The third kappa shape index (κ3) is 1.19. The molecule has 0 saturated carbocycles. The van der Waals surface area contributed by atoms with Crippen LogP contribution in [0.15, 0.2) is 18.3 Å². The summed E-state index contributed by atoms with van der Waals surface area (Å²) >= 11 is 5.49. The third-order valence-corrected chi connectivity index (χ3v) is 2.21. The quantitative estimate of drug-likeness (QED) is 0.539. The Morgan fingerprint density at radius 3 is 2.79 bits per heavy atom. The lowest BCUT2D eigenvalue weighted by atomic mass is 10.2. The Labute approximate surface area is 85.5 Å². The summed E-state index contributed by atoms with van der Waals surface area (Å²) in [6, 6.07) is 3.23. The van der Waals surface area contributed by atoms with Crippen molar-refractivity contribution < 1.29 is 9.59 Å². The van der Waals surface area contributed by atoms with Crippen molar-refractivity contribution in [1.82, 2.24) is 9.88 Å². The molecule has 0 N–H and O–H groups in total. The molecule has 2 rings (SSSR count). The Bertz CT molecular complexity index is 371. The number of halogens is 1. The van der Waals surface area contributed by atoms with E-state index in [0.29, 0.717) is 5.56 Å². The molecule has 72 valence electrons. The molecule has 4 nitrogen and oxygen atoms in total. The number of aromatic nitrogens is 1. The van der Waals surface area contributed by atoms with Crippen molar-refractivity contribution in [1.29, 1.82) is 0 Å². The van der Waals surface area contributed by atoms with E-state index in [4.69, 9.17) is 11.6 Å². The van der Waals surface area contributed by atoms with Crippen molar-refractivity contribution in [2.45, 2.75) is 0 Å². The van der Waals surface area contributed by atoms with Crippen LogP contribution in [0, 0.1) is 0 Å². The van der Waals surface area contributed by atoms with Crippen LogP contribution < -0.4 is 0 Å². The first kappa shape index (κ1) is 9.15. The standard InChI is InChI=1S/C9H7ClN2O2/c10-3-5-12-8(13)6-2-1-4-11-7(6)9(12)14/h1-2,4H,3,5H2. The summed E-state index contributed by atoms with van der Waals surface area (Å²) in [6.45, 7) is 0.232. The number of fused-ring (bicyclic) bond motifs is 1. The highest BCUT2D eigenvalue weighted by molar-refractivity contribution is 6.22. The van der Waals surface area contributed by atoms with Crippen LogP contribution in [0.2, 0.25) is 0 Å². The summed E-state index contributed by atoms with van der Waals surface area (Å²) in [6.07, 6.45) is 1.49. The number of nitrogens with zero attached hydrogens (tertiary/aromatic N) is 2. The number of alkyl halides is 1. The average molecular weight is 211 g/mol. The highest BCUT2D eigenvalue weighted by atomic mass is 35.5. The van der Waals surface area contributed by atoms with Crippen molar-refractivity contribution in [2.24, 2.45) is 0 Å². The average Bonchev–Trinajstić information content (AvgIpc) is 2.45. The molecule has 1 aromatic rings. The fourth-order valence-corrected chi connectivity index (χ4v) is 1.57. The van der Waals surface area contributed by atoms with Gasteiger partial charge in [-0.15, -0.1) is 11.6 Å². The van der Waals surface area contributed by atoms with Gasteiger partial charge in [-0.25, -0.2) is 0 Å². The molecule has 0 atom stereocenters. The Balaban J connectivity index is 2.43. The van der Waals surface area contributed by atoms with E-state index < -0.39 is 0 Å². The molecule has 0 aliphatic carbocycles. The minimum atomic E-state index is -0.355. The molecule has 2 amide bonds. The van der Waals surface area contributed by atoms with Crippen LogP contribution in [0.4, 0.5) is 0 Å². The lowest BCUT2D eigenvalue weighted by Gasteiger charge is -2.09. The number of imide groups is 1. The predicted octanol–water partition coefficient (Wildman–Crippen LogP) is 0.916. The number of carbonyl (C=O) groups excluding carboxylic acids is 2. The molecule has 1 aliphatic rings. The lowest BCUT2D eigenvalue weighted by molar-refractivity contribution is 0.0662. The van der Waals surface area contributed by atoms with Crippen LogP contribution in [0.5, 0.6) is 0 Å². The van der Waals surface area contributed by atoms with Gasteiger partial charge in [0.1, 0.15) is 5.69 Å². The van der Waals surface area contributed by atoms with Crippen LogP contribution in [-0.4, -0.2) is 34.1 Å².